The highest BCUT2D eigenvalue weighted by molar-refractivity contribution is 9.10. The Morgan fingerprint density at radius 3 is 2.40 bits per heavy atom. The van der Waals surface area contributed by atoms with Crippen molar-refractivity contribution in [1.82, 2.24) is 9.55 Å². The molecular formula is C25H16BrClN3+. The molecule has 0 amide bonds. The number of hydrogen-bond donors (Lipinski definition) is 1. The van der Waals surface area contributed by atoms with E-state index in [0.717, 1.165) is 43.0 Å². The summed E-state index contributed by atoms with van der Waals surface area (Å²) in [4.78, 5) is 3.65. The van der Waals surface area contributed by atoms with E-state index in [4.69, 9.17) is 11.6 Å². The van der Waals surface area contributed by atoms with Crippen molar-refractivity contribution >= 4 is 54.9 Å². The van der Waals surface area contributed by atoms with E-state index in [-0.39, 0.29) is 0 Å². The van der Waals surface area contributed by atoms with E-state index >= 15 is 0 Å². The largest absolute Gasteiger partial charge is 0.351 e. The summed E-state index contributed by atoms with van der Waals surface area (Å²) in [6.45, 7) is 0. The zero-order chi connectivity index (χ0) is 20.2. The highest BCUT2D eigenvalue weighted by atomic mass is 79.9. The van der Waals surface area contributed by atoms with Gasteiger partial charge in [0.25, 0.3) is 6.33 Å². The first-order valence-corrected chi connectivity index (χ1v) is 10.8. The molecule has 3 nitrogen and oxygen atoms in total. The number of nitrogens with one attached hydrogen (secondary N) is 1. The van der Waals surface area contributed by atoms with Crippen LogP contribution in [0.5, 0.6) is 0 Å². The van der Waals surface area contributed by atoms with Gasteiger partial charge >= 0.3 is 0 Å². The van der Waals surface area contributed by atoms with Crippen LogP contribution in [-0.4, -0.2) is 9.55 Å². The molecule has 0 saturated heterocycles. The number of fused-ring (bicyclic) bond motifs is 5. The molecule has 5 heteroatoms. The minimum Gasteiger partial charge on any atom is -0.351 e. The first-order chi connectivity index (χ1) is 14.7. The van der Waals surface area contributed by atoms with Crippen LogP contribution in [-0.2, 0) is 0 Å². The predicted molar refractivity (Wildman–Crippen MR) is 126 cm³/mol. The molecule has 0 bridgehead atoms. The Morgan fingerprint density at radius 2 is 1.60 bits per heavy atom. The first-order valence-electron chi connectivity index (χ1n) is 9.67. The van der Waals surface area contributed by atoms with Gasteiger partial charge in [-0.15, -0.1) is 0 Å². The van der Waals surface area contributed by atoms with E-state index in [0.29, 0.717) is 0 Å². The van der Waals surface area contributed by atoms with Crippen molar-refractivity contribution in [3.05, 3.63) is 101 Å². The number of halogens is 2. The lowest BCUT2D eigenvalue weighted by Crippen LogP contribution is -2.17. The average molecular weight is 474 g/mol. The van der Waals surface area contributed by atoms with E-state index < -0.39 is 0 Å². The molecule has 0 aliphatic rings. The molecule has 30 heavy (non-hydrogen) atoms. The van der Waals surface area contributed by atoms with Crippen molar-refractivity contribution in [1.29, 1.82) is 0 Å². The van der Waals surface area contributed by atoms with Crippen LogP contribution in [0.3, 0.4) is 0 Å². The molecule has 6 rings (SSSR count). The van der Waals surface area contributed by atoms with Gasteiger partial charge in [-0.1, -0.05) is 45.7 Å². The molecule has 0 aliphatic heterocycles. The van der Waals surface area contributed by atoms with Crippen LogP contribution in [0.1, 0.15) is 0 Å². The average Bonchev–Trinajstić information content (AvgIpc) is 3.33. The number of H-pyrrole nitrogens is 1. The summed E-state index contributed by atoms with van der Waals surface area (Å²) in [7, 11) is 0. The van der Waals surface area contributed by atoms with E-state index in [2.05, 4.69) is 109 Å². The SMILES string of the molecule is Clc1ccc(-c2c3c4[nH]c5ccccc5c4cc[n+]3cn2-c2ccc(Br)cc2)cc1. The van der Waals surface area contributed by atoms with Gasteiger partial charge in [-0.2, -0.15) is 8.97 Å². The van der Waals surface area contributed by atoms with Gasteiger partial charge in [-0.3, -0.25) is 0 Å². The number of para-hydroxylation sites is 1. The molecule has 0 spiro atoms. The summed E-state index contributed by atoms with van der Waals surface area (Å²) >= 11 is 9.73. The summed E-state index contributed by atoms with van der Waals surface area (Å²) in [5, 5.41) is 3.18. The van der Waals surface area contributed by atoms with Crippen molar-refractivity contribution in [3.8, 4) is 16.9 Å². The lowest BCUT2D eigenvalue weighted by atomic mass is 10.1. The van der Waals surface area contributed by atoms with Crippen molar-refractivity contribution in [2.24, 2.45) is 0 Å². The molecule has 1 N–H and O–H groups in total. The van der Waals surface area contributed by atoms with Gasteiger partial charge in [-0.05, 0) is 60.7 Å². The van der Waals surface area contributed by atoms with Gasteiger partial charge in [0.05, 0.1) is 11.7 Å². The Labute approximate surface area is 186 Å². The van der Waals surface area contributed by atoms with Crippen LogP contribution in [0.4, 0.5) is 0 Å². The van der Waals surface area contributed by atoms with Crippen molar-refractivity contribution < 1.29 is 4.40 Å². The van der Waals surface area contributed by atoms with Crippen LogP contribution in [0, 0.1) is 0 Å². The normalized spacial score (nSPS) is 11.7. The standard InChI is InChI=1S/C25H16BrClN3/c26-17-7-11-19(12-8-17)30-15-29-14-13-21-20-3-1-2-4-22(20)28-23(21)25(29)24(30)16-5-9-18(27)10-6-16/h1-15,28H/q+1. The summed E-state index contributed by atoms with van der Waals surface area (Å²) in [6.07, 6.45) is 4.26. The van der Waals surface area contributed by atoms with Gasteiger partial charge in [0.1, 0.15) is 5.69 Å². The van der Waals surface area contributed by atoms with Crippen LogP contribution in [0.2, 0.25) is 5.02 Å². The third-order valence-corrected chi connectivity index (χ3v) is 6.35. The Bertz CT molecular complexity index is 1540. The quantitative estimate of drug-likeness (QED) is 0.264. The predicted octanol–water partition coefficient (Wildman–Crippen LogP) is 6.93. The molecule has 3 heterocycles. The van der Waals surface area contributed by atoms with Crippen molar-refractivity contribution in [2.75, 3.05) is 0 Å². The highest BCUT2D eigenvalue weighted by Crippen LogP contribution is 2.34. The minimum atomic E-state index is 0.730. The maximum atomic E-state index is 6.19. The number of imidazole rings is 1. The van der Waals surface area contributed by atoms with Crippen molar-refractivity contribution in [2.45, 2.75) is 0 Å². The number of benzene rings is 3. The highest BCUT2D eigenvalue weighted by Gasteiger charge is 2.24. The third-order valence-electron chi connectivity index (χ3n) is 5.57. The Balaban J connectivity index is 1.77. The molecule has 0 fully saturated rings. The molecule has 0 unspecified atom stereocenters. The second-order valence-corrected chi connectivity index (χ2v) is 8.70. The minimum absolute atomic E-state index is 0.730. The number of rotatable bonds is 2. The summed E-state index contributed by atoms with van der Waals surface area (Å²) in [5.41, 5.74) is 6.71. The summed E-state index contributed by atoms with van der Waals surface area (Å²) in [6, 6.07) is 27.0. The number of nitrogens with zero attached hydrogens (tertiary/aromatic N) is 2. The first kappa shape index (κ1) is 17.8. The van der Waals surface area contributed by atoms with Gasteiger partial charge in [0.2, 0.25) is 5.52 Å². The maximum Gasteiger partial charge on any atom is 0.254 e. The molecule has 0 atom stereocenters. The number of aromatic amines is 1. The van der Waals surface area contributed by atoms with Crippen LogP contribution in [0.25, 0.3) is 44.3 Å². The monoisotopic (exact) mass is 472 g/mol. The van der Waals surface area contributed by atoms with E-state index in [1.807, 2.05) is 12.1 Å². The topological polar surface area (TPSA) is 24.8 Å². The molecule has 3 aromatic heterocycles. The van der Waals surface area contributed by atoms with Crippen molar-refractivity contribution in [3.63, 3.8) is 0 Å². The zero-order valence-corrected chi connectivity index (χ0v) is 18.2. The van der Waals surface area contributed by atoms with Gasteiger partial charge in [0.15, 0.2) is 5.69 Å². The van der Waals surface area contributed by atoms with E-state index in [1.54, 1.807) is 0 Å². The Hall–Kier alpha value is -3.08. The van der Waals surface area contributed by atoms with Gasteiger partial charge < -0.3 is 4.98 Å². The van der Waals surface area contributed by atoms with Crippen LogP contribution in [0.15, 0.2) is 95.9 Å². The number of hydrogen-bond acceptors (Lipinski definition) is 0. The molecule has 3 aromatic carbocycles. The lowest BCUT2D eigenvalue weighted by molar-refractivity contribution is -0.510. The lowest BCUT2D eigenvalue weighted by Gasteiger charge is -2.03. The fourth-order valence-electron chi connectivity index (χ4n) is 4.20. The molecule has 0 saturated carbocycles. The third kappa shape index (κ3) is 2.68. The second kappa shape index (κ2) is 6.73. The van der Waals surface area contributed by atoms with Gasteiger partial charge in [0, 0.05) is 31.3 Å². The van der Waals surface area contributed by atoms with E-state index in [9.17, 15) is 0 Å². The second-order valence-electron chi connectivity index (χ2n) is 7.35. The molecule has 0 aliphatic carbocycles. The van der Waals surface area contributed by atoms with Gasteiger partial charge in [-0.25, -0.2) is 0 Å². The van der Waals surface area contributed by atoms with Crippen LogP contribution >= 0.6 is 27.5 Å². The molecular weight excluding hydrogens is 458 g/mol. The number of aromatic nitrogens is 3. The van der Waals surface area contributed by atoms with E-state index in [1.165, 1.54) is 10.8 Å². The number of pyridine rings is 1. The molecule has 6 aromatic rings. The Kier molecular flexibility index (Phi) is 3.98. The smallest absolute Gasteiger partial charge is 0.254 e. The molecule has 0 radical (unpaired) electrons. The fraction of sp³-hybridized carbons (Fsp3) is 0. The molecule has 144 valence electrons. The fourth-order valence-corrected chi connectivity index (χ4v) is 4.59. The Morgan fingerprint density at radius 1 is 0.833 bits per heavy atom. The van der Waals surface area contributed by atoms with Crippen LogP contribution < -0.4 is 4.40 Å². The summed E-state index contributed by atoms with van der Waals surface area (Å²) < 4.78 is 5.47. The summed E-state index contributed by atoms with van der Waals surface area (Å²) in [5.74, 6) is 0. The zero-order valence-electron chi connectivity index (χ0n) is 15.8. The maximum absolute atomic E-state index is 6.19.